The summed E-state index contributed by atoms with van der Waals surface area (Å²) in [5.41, 5.74) is -0.872. The van der Waals surface area contributed by atoms with Crippen LogP contribution in [0.5, 0.6) is 0 Å². The SMILES string of the molecule is CNC(=O)OC(C)CC(C)(C)OOC(C)(C)C. The lowest BCUT2D eigenvalue weighted by Crippen LogP contribution is -2.35. The number of alkyl carbamates (subject to hydrolysis) is 1. The van der Waals surface area contributed by atoms with Crippen molar-refractivity contribution >= 4 is 6.09 Å². The third-order valence-electron chi connectivity index (χ3n) is 1.81. The van der Waals surface area contributed by atoms with Gasteiger partial charge in [-0.15, -0.1) is 0 Å². The number of nitrogens with one attached hydrogen (secondary N) is 1. The molecule has 0 saturated carbocycles. The molecule has 0 aliphatic rings. The zero-order valence-electron chi connectivity index (χ0n) is 11.9. The Morgan fingerprint density at radius 2 is 1.71 bits per heavy atom. The van der Waals surface area contributed by atoms with Gasteiger partial charge in [0.2, 0.25) is 0 Å². The van der Waals surface area contributed by atoms with Gasteiger partial charge in [-0.3, -0.25) is 0 Å². The molecule has 0 aromatic carbocycles. The van der Waals surface area contributed by atoms with Crippen LogP contribution in [0.15, 0.2) is 0 Å². The first-order chi connectivity index (χ1) is 7.56. The van der Waals surface area contributed by atoms with Gasteiger partial charge >= 0.3 is 6.09 Å². The number of amides is 1. The predicted octanol–water partition coefficient (Wildman–Crippen LogP) is 2.65. The van der Waals surface area contributed by atoms with Crippen molar-refractivity contribution in [3.8, 4) is 0 Å². The summed E-state index contributed by atoms with van der Waals surface area (Å²) in [6.07, 6.45) is -0.130. The first-order valence-electron chi connectivity index (χ1n) is 5.81. The minimum atomic E-state index is -0.513. The van der Waals surface area contributed by atoms with Crippen molar-refractivity contribution in [1.29, 1.82) is 0 Å². The Labute approximate surface area is 104 Å². The fourth-order valence-corrected chi connectivity index (χ4v) is 1.25. The largest absolute Gasteiger partial charge is 0.446 e. The first-order valence-corrected chi connectivity index (χ1v) is 5.81. The lowest BCUT2D eigenvalue weighted by atomic mass is 10.0. The molecule has 1 unspecified atom stereocenters. The molecule has 0 rings (SSSR count). The summed E-state index contributed by atoms with van der Waals surface area (Å²) >= 11 is 0. The Bertz CT molecular complexity index is 245. The van der Waals surface area contributed by atoms with Gasteiger partial charge in [-0.2, -0.15) is 0 Å². The topological polar surface area (TPSA) is 56.8 Å². The Hall–Kier alpha value is -0.810. The van der Waals surface area contributed by atoms with E-state index in [4.69, 9.17) is 14.5 Å². The minimum Gasteiger partial charge on any atom is -0.446 e. The van der Waals surface area contributed by atoms with E-state index >= 15 is 0 Å². The molecule has 17 heavy (non-hydrogen) atoms. The fourth-order valence-electron chi connectivity index (χ4n) is 1.25. The van der Waals surface area contributed by atoms with Crippen molar-refractivity contribution in [2.75, 3.05) is 7.05 Å². The van der Waals surface area contributed by atoms with Crippen LogP contribution in [0.3, 0.4) is 0 Å². The average Bonchev–Trinajstić information content (AvgIpc) is 2.12. The van der Waals surface area contributed by atoms with E-state index in [-0.39, 0.29) is 11.7 Å². The predicted molar refractivity (Wildman–Crippen MR) is 65.6 cm³/mol. The Morgan fingerprint density at radius 1 is 1.18 bits per heavy atom. The van der Waals surface area contributed by atoms with Crippen LogP contribution in [0.4, 0.5) is 4.79 Å². The zero-order chi connectivity index (χ0) is 13.7. The molecule has 102 valence electrons. The number of rotatable bonds is 5. The van der Waals surface area contributed by atoms with Crippen LogP contribution in [0.1, 0.15) is 48.0 Å². The summed E-state index contributed by atoms with van der Waals surface area (Å²) in [4.78, 5) is 21.7. The number of hydrogen-bond donors (Lipinski definition) is 1. The van der Waals surface area contributed by atoms with Crippen molar-refractivity contribution in [3.63, 3.8) is 0 Å². The first kappa shape index (κ1) is 16.2. The Kier molecular flexibility index (Phi) is 5.92. The Morgan fingerprint density at radius 3 is 2.12 bits per heavy atom. The van der Waals surface area contributed by atoms with Gasteiger partial charge < -0.3 is 10.1 Å². The number of hydrogen-bond acceptors (Lipinski definition) is 4. The number of ether oxygens (including phenoxy) is 1. The van der Waals surface area contributed by atoms with Gasteiger partial charge in [-0.25, -0.2) is 14.6 Å². The number of carbonyl (C=O) groups is 1. The summed E-state index contributed by atoms with van der Waals surface area (Å²) in [5, 5.41) is 2.40. The van der Waals surface area contributed by atoms with E-state index in [0.29, 0.717) is 6.42 Å². The highest BCUT2D eigenvalue weighted by molar-refractivity contribution is 5.66. The fraction of sp³-hybridized carbons (Fsp3) is 0.917. The van der Waals surface area contributed by atoms with Gasteiger partial charge in [0.1, 0.15) is 11.7 Å². The molecule has 0 aliphatic heterocycles. The molecule has 5 nitrogen and oxygen atoms in total. The lowest BCUT2D eigenvalue weighted by Gasteiger charge is -2.30. The average molecular weight is 247 g/mol. The summed E-state index contributed by atoms with van der Waals surface area (Å²) in [6.45, 7) is 11.3. The third kappa shape index (κ3) is 8.94. The normalized spacial score (nSPS) is 14.3. The molecule has 0 aromatic rings. The van der Waals surface area contributed by atoms with Crippen molar-refractivity contribution in [2.45, 2.75) is 65.3 Å². The van der Waals surface area contributed by atoms with Crippen LogP contribution in [0, 0.1) is 0 Å². The van der Waals surface area contributed by atoms with Crippen LogP contribution in [0.25, 0.3) is 0 Å². The second-order valence-corrected chi connectivity index (χ2v) is 5.71. The molecule has 1 atom stereocenters. The second kappa shape index (κ2) is 6.21. The summed E-state index contributed by atoms with van der Waals surface area (Å²) in [6, 6.07) is 0. The van der Waals surface area contributed by atoms with Crippen LogP contribution in [-0.4, -0.2) is 30.4 Å². The maximum atomic E-state index is 11.0. The second-order valence-electron chi connectivity index (χ2n) is 5.71. The van der Waals surface area contributed by atoms with E-state index in [9.17, 15) is 4.79 Å². The highest BCUT2D eigenvalue weighted by Gasteiger charge is 2.27. The third-order valence-corrected chi connectivity index (χ3v) is 1.81. The highest BCUT2D eigenvalue weighted by Crippen LogP contribution is 2.22. The van der Waals surface area contributed by atoms with Crippen molar-refractivity contribution in [1.82, 2.24) is 5.32 Å². The Balaban J connectivity index is 4.11. The van der Waals surface area contributed by atoms with Crippen LogP contribution < -0.4 is 5.32 Å². The minimum absolute atomic E-state index is 0.242. The van der Waals surface area contributed by atoms with Crippen molar-refractivity contribution < 1.29 is 19.3 Å². The maximum absolute atomic E-state index is 11.0. The van der Waals surface area contributed by atoms with Crippen LogP contribution >= 0.6 is 0 Å². The molecule has 0 spiro atoms. The van der Waals surface area contributed by atoms with Gasteiger partial charge in [-0.1, -0.05) is 0 Å². The van der Waals surface area contributed by atoms with E-state index in [2.05, 4.69) is 5.32 Å². The summed E-state index contributed by atoms with van der Waals surface area (Å²) in [7, 11) is 1.53. The molecule has 0 heterocycles. The summed E-state index contributed by atoms with van der Waals surface area (Å²) in [5.74, 6) is 0. The van der Waals surface area contributed by atoms with Crippen LogP contribution in [-0.2, 0) is 14.5 Å². The van der Waals surface area contributed by atoms with Gasteiger partial charge in [0.15, 0.2) is 0 Å². The standard InChI is InChI=1S/C12H25NO4/c1-9(15-10(14)13-7)8-12(5,6)17-16-11(2,3)4/h9H,8H2,1-7H3,(H,13,14). The smallest absolute Gasteiger partial charge is 0.407 e. The molecule has 1 amide bonds. The van der Waals surface area contributed by atoms with E-state index in [1.165, 1.54) is 7.05 Å². The molecule has 0 bridgehead atoms. The van der Waals surface area contributed by atoms with Crippen molar-refractivity contribution in [3.05, 3.63) is 0 Å². The zero-order valence-corrected chi connectivity index (χ0v) is 11.9. The van der Waals surface area contributed by atoms with Gasteiger partial charge in [0.05, 0.1) is 5.60 Å². The van der Waals surface area contributed by atoms with Crippen molar-refractivity contribution in [2.24, 2.45) is 0 Å². The molecular formula is C12H25NO4. The summed E-state index contributed by atoms with van der Waals surface area (Å²) < 4.78 is 5.08. The highest BCUT2D eigenvalue weighted by atomic mass is 17.2. The molecule has 1 N–H and O–H groups in total. The van der Waals surface area contributed by atoms with Gasteiger partial charge in [0, 0.05) is 13.5 Å². The molecule has 0 aliphatic carbocycles. The van der Waals surface area contributed by atoms with E-state index in [1.807, 2.05) is 41.5 Å². The number of carbonyl (C=O) groups excluding carboxylic acids is 1. The molecule has 0 saturated heterocycles. The molecule has 0 fully saturated rings. The molecule has 0 radical (unpaired) electrons. The van der Waals surface area contributed by atoms with Gasteiger partial charge in [0.25, 0.3) is 0 Å². The maximum Gasteiger partial charge on any atom is 0.407 e. The van der Waals surface area contributed by atoms with E-state index in [0.717, 1.165) is 0 Å². The quantitative estimate of drug-likeness (QED) is 0.599. The molecule has 0 aromatic heterocycles. The van der Waals surface area contributed by atoms with E-state index in [1.54, 1.807) is 0 Å². The van der Waals surface area contributed by atoms with Gasteiger partial charge in [-0.05, 0) is 41.5 Å². The molecular weight excluding hydrogens is 222 g/mol. The lowest BCUT2D eigenvalue weighted by molar-refractivity contribution is -0.399. The van der Waals surface area contributed by atoms with Crippen LogP contribution in [0.2, 0.25) is 0 Å². The molecule has 5 heteroatoms. The van der Waals surface area contributed by atoms with E-state index < -0.39 is 11.7 Å². The monoisotopic (exact) mass is 247 g/mol.